The lowest BCUT2D eigenvalue weighted by Gasteiger charge is -2.28. The second-order valence-electron chi connectivity index (χ2n) is 10.7. The second-order valence-corrected chi connectivity index (χ2v) is 17.7. The van der Waals surface area contributed by atoms with E-state index in [2.05, 4.69) is 5.32 Å². The van der Waals surface area contributed by atoms with Gasteiger partial charge in [-0.3, -0.25) is 14.2 Å². The van der Waals surface area contributed by atoms with Gasteiger partial charge in [0.1, 0.15) is 18.0 Å². The Kier molecular flexibility index (Phi) is 14.4. The molecule has 0 heterocycles. The summed E-state index contributed by atoms with van der Waals surface area (Å²) >= 11 is 0.965. The summed E-state index contributed by atoms with van der Waals surface area (Å²) in [4.78, 5) is 35.8. The fourth-order valence-electron chi connectivity index (χ4n) is 3.70. The average Bonchev–Trinajstić information content (AvgIpc) is 2.90. The zero-order chi connectivity index (χ0) is 32.1. The number of hydrogen-bond donors (Lipinski definition) is 2. The number of carbonyl (C=O) groups excluding carboxylic acids is 2. The van der Waals surface area contributed by atoms with Crippen molar-refractivity contribution < 1.29 is 46.5 Å². The van der Waals surface area contributed by atoms with Crippen molar-refractivity contribution in [2.45, 2.75) is 69.3 Å². The molecule has 0 aliphatic carbocycles. The lowest BCUT2D eigenvalue weighted by molar-refractivity contribution is -0.160. The highest BCUT2D eigenvalue weighted by atomic mass is 32.7. The molecular weight excluding hydrogens is 617 g/mol. The van der Waals surface area contributed by atoms with Gasteiger partial charge in [-0.2, -0.15) is 0 Å². The van der Waals surface area contributed by atoms with E-state index in [4.69, 9.17) is 19.1 Å². The highest BCUT2D eigenvalue weighted by Gasteiger charge is 2.37. The number of nitrogens with one attached hydrogen (secondary N) is 1. The molecule has 2 aromatic rings. The van der Waals surface area contributed by atoms with Gasteiger partial charge in [0, 0.05) is 31.3 Å². The van der Waals surface area contributed by atoms with Gasteiger partial charge in [0.25, 0.3) is 6.57 Å². The van der Waals surface area contributed by atoms with Gasteiger partial charge in [0.05, 0.1) is 18.1 Å². The molecule has 0 spiro atoms. The van der Waals surface area contributed by atoms with Crippen LogP contribution in [-0.4, -0.2) is 68.0 Å². The minimum absolute atomic E-state index is 0.0466. The Balaban J connectivity index is 2.24. The van der Waals surface area contributed by atoms with Crippen molar-refractivity contribution in [2.24, 2.45) is 0 Å². The van der Waals surface area contributed by atoms with Crippen LogP contribution in [0.3, 0.4) is 0 Å². The van der Waals surface area contributed by atoms with Gasteiger partial charge in [-0.25, -0.2) is 13.2 Å². The third-order valence-corrected chi connectivity index (χ3v) is 11.8. The van der Waals surface area contributed by atoms with Crippen molar-refractivity contribution in [2.75, 3.05) is 25.2 Å². The first kappa shape index (κ1) is 36.5. The van der Waals surface area contributed by atoms with E-state index in [1.54, 1.807) is 32.9 Å². The first-order chi connectivity index (χ1) is 20.1. The molecule has 0 fully saturated rings. The summed E-state index contributed by atoms with van der Waals surface area (Å²) < 4.78 is 54.8. The third-order valence-electron chi connectivity index (χ3n) is 5.68. The summed E-state index contributed by atoms with van der Waals surface area (Å²) in [6.07, 6.45) is 1.12. The van der Waals surface area contributed by atoms with Crippen LogP contribution in [0.1, 0.15) is 51.2 Å². The minimum atomic E-state index is -3.75. The number of benzene rings is 2. The number of carboxylic acid groups (broad SMARTS) is 1. The molecule has 0 bridgehead atoms. The number of carboxylic acids is 1. The smallest absolute Gasteiger partial charge is 0.332 e. The minimum Gasteiger partial charge on any atom is -0.481 e. The first-order valence-electron chi connectivity index (χ1n) is 13.6. The monoisotopic (exact) mass is 657 g/mol. The van der Waals surface area contributed by atoms with Gasteiger partial charge < -0.3 is 24.4 Å². The summed E-state index contributed by atoms with van der Waals surface area (Å²) in [5.74, 6) is -2.84. The maximum Gasteiger partial charge on any atom is 0.332 e. The summed E-state index contributed by atoms with van der Waals surface area (Å²) in [6, 6.07) is 15.1. The average molecular weight is 658 g/mol. The lowest BCUT2D eigenvalue weighted by atomic mass is 10.1. The third kappa shape index (κ3) is 14.6. The molecule has 14 heteroatoms. The molecule has 2 rings (SSSR count). The first-order valence-corrected chi connectivity index (χ1v) is 18.8. The number of hydrogen-bond acceptors (Lipinski definition) is 10. The van der Waals surface area contributed by atoms with Gasteiger partial charge in [0.15, 0.2) is 9.84 Å². The molecule has 0 aromatic heterocycles. The molecule has 1 amide bonds. The maximum atomic E-state index is 14.5. The van der Waals surface area contributed by atoms with Gasteiger partial charge in [-0.15, -0.1) is 0 Å². The van der Waals surface area contributed by atoms with Crippen LogP contribution in [0.2, 0.25) is 0 Å². The Labute approximate surface area is 257 Å². The van der Waals surface area contributed by atoms with E-state index in [0.29, 0.717) is 5.56 Å². The largest absolute Gasteiger partial charge is 0.481 e. The van der Waals surface area contributed by atoms with E-state index in [1.165, 1.54) is 12.1 Å². The molecule has 238 valence electrons. The predicted octanol–water partition coefficient (Wildman–Crippen LogP) is 4.83. The normalized spacial score (nSPS) is 14.0. The van der Waals surface area contributed by atoms with Crippen LogP contribution in [0, 0.1) is 0 Å². The molecule has 0 radical (unpaired) electrons. The Morgan fingerprint density at radius 1 is 1.00 bits per heavy atom. The van der Waals surface area contributed by atoms with Crippen molar-refractivity contribution in [1.82, 2.24) is 5.32 Å². The topological polar surface area (TPSA) is 162 Å². The van der Waals surface area contributed by atoms with Crippen LogP contribution in [0.4, 0.5) is 0 Å². The summed E-state index contributed by atoms with van der Waals surface area (Å²) in [5, 5.41) is 11.7. The van der Waals surface area contributed by atoms with E-state index in [-0.39, 0.29) is 56.2 Å². The molecule has 2 atom stereocenters. The molecule has 2 unspecified atom stereocenters. The molecule has 11 nitrogen and oxygen atoms in total. The molecule has 0 aliphatic heterocycles. The highest BCUT2D eigenvalue weighted by molar-refractivity contribution is 8.56. The number of aliphatic carboxylic acids is 1. The quantitative estimate of drug-likeness (QED) is 0.128. The molecular formula is C29H40NO10PS2. The molecule has 2 N–H and O–H groups in total. The molecule has 0 aliphatic rings. The number of ether oxygens (including phenoxy) is 2. The van der Waals surface area contributed by atoms with E-state index in [1.807, 2.05) is 30.3 Å². The van der Waals surface area contributed by atoms with E-state index >= 15 is 0 Å². The zero-order valence-corrected chi connectivity index (χ0v) is 27.3. The summed E-state index contributed by atoms with van der Waals surface area (Å²) in [5.41, 5.74) is 0.702. The van der Waals surface area contributed by atoms with Gasteiger partial charge in [-0.1, -0.05) is 53.8 Å². The van der Waals surface area contributed by atoms with Crippen molar-refractivity contribution >= 4 is 45.6 Å². The van der Waals surface area contributed by atoms with E-state index < -0.39 is 45.6 Å². The van der Waals surface area contributed by atoms with Gasteiger partial charge in [-0.05, 0) is 50.5 Å². The van der Waals surface area contributed by atoms with Crippen molar-refractivity contribution in [1.29, 1.82) is 0 Å². The molecule has 0 saturated heterocycles. The number of esters is 1. The number of sulfone groups is 1. The zero-order valence-electron chi connectivity index (χ0n) is 24.8. The standard InChI is InChI=1S/C29H40NO10PS2/c1-29(2,3)40-28(34)21-38-17-18-42-41(35,39-20-23-13-15-24(16-14-23)43(4,36)37)26(19-22-9-6-5-7-10-22)30-25(31)11-8-12-27(32)33/h5-7,9-10,13-16,26H,8,11-12,17-21H2,1-4H3,(H,30,31)(H,32,33). The Hall–Kier alpha value is -2.70. The van der Waals surface area contributed by atoms with Crippen LogP contribution >= 0.6 is 18.0 Å². The number of amides is 1. The summed E-state index contributed by atoms with van der Waals surface area (Å²) in [6.45, 7) is 1.10. The number of rotatable bonds is 18. The summed E-state index contributed by atoms with van der Waals surface area (Å²) in [7, 11) is -3.40. The number of carbonyl (C=O) groups is 3. The van der Waals surface area contributed by atoms with Gasteiger partial charge >= 0.3 is 11.9 Å². The Morgan fingerprint density at radius 2 is 1.65 bits per heavy atom. The van der Waals surface area contributed by atoms with Crippen molar-refractivity contribution in [3.8, 4) is 0 Å². The van der Waals surface area contributed by atoms with Crippen LogP contribution in [0.5, 0.6) is 0 Å². The van der Waals surface area contributed by atoms with Crippen LogP contribution < -0.4 is 5.32 Å². The predicted molar refractivity (Wildman–Crippen MR) is 165 cm³/mol. The van der Waals surface area contributed by atoms with E-state index in [9.17, 15) is 27.4 Å². The second kappa shape index (κ2) is 17.0. The lowest BCUT2D eigenvalue weighted by Crippen LogP contribution is -2.36. The highest BCUT2D eigenvalue weighted by Crippen LogP contribution is 2.63. The van der Waals surface area contributed by atoms with Crippen molar-refractivity contribution in [3.05, 3.63) is 65.7 Å². The molecule has 2 aromatic carbocycles. The van der Waals surface area contributed by atoms with E-state index in [0.717, 1.165) is 23.2 Å². The maximum absolute atomic E-state index is 14.5. The van der Waals surface area contributed by atoms with Crippen LogP contribution in [-0.2, 0) is 55.8 Å². The fraction of sp³-hybridized carbons (Fsp3) is 0.483. The Morgan fingerprint density at radius 3 is 2.23 bits per heavy atom. The van der Waals surface area contributed by atoms with Crippen molar-refractivity contribution in [3.63, 3.8) is 0 Å². The van der Waals surface area contributed by atoms with Gasteiger partial charge in [0.2, 0.25) is 5.91 Å². The van der Waals surface area contributed by atoms with Crippen LogP contribution in [0.15, 0.2) is 59.5 Å². The fourth-order valence-corrected chi connectivity index (χ4v) is 8.57. The Bertz CT molecular complexity index is 1360. The SMILES string of the molecule is CC(C)(C)OC(=O)COCCSP(=O)(OCc1ccc(S(C)(=O)=O)cc1)C(Cc1ccccc1)NC(=O)CCCC(=O)O. The van der Waals surface area contributed by atoms with Crippen LogP contribution in [0.25, 0.3) is 0 Å². The molecule has 43 heavy (non-hydrogen) atoms. The molecule has 0 saturated carbocycles.